The monoisotopic (exact) mass is 462 g/mol. The Morgan fingerprint density at radius 2 is 1.62 bits per heavy atom. The summed E-state index contributed by atoms with van der Waals surface area (Å²) in [6, 6.07) is 13.2. The second-order valence-corrected chi connectivity index (χ2v) is 7.85. The number of hydrogen-bond donors (Lipinski definition) is 0. The van der Waals surface area contributed by atoms with Gasteiger partial charge in [-0.15, -0.1) is 5.10 Å². The van der Waals surface area contributed by atoms with Crippen LogP contribution in [0.25, 0.3) is 16.6 Å². The average molecular weight is 463 g/mol. The fourth-order valence-electron chi connectivity index (χ4n) is 4.24. The smallest absolute Gasteiger partial charge is 0.279 e. The molecule has 0 saturated carbocycles. The van der Waals surface area contributed by atoms with Crippen LogP contribution in [0.2, 0.25) is 0 Å². The number of hydrogen-bond acceptors (Lipinski definition) is 7. The van der Waals surface area contributed by atoms with Crippen molar-refractivity contribution in [2.24, 2.45) is 0 Å². The van der Waals surface area contributed by atoms with Crippen molar-refractivity contribution >= 4 is 22.6 Å². The first-order valence-corrected chi connectivity index (χ1v) is 11.0. The molecule has 0 N–H and O–H groups in total. The lowest BCUT2D eigenvalue weighted by atomic mass is 10.1. The van der Waals surface area contributed by atoms with Crippen LogP contribution in [0.15, 0.2) is 54.9 Å². The Morgan fingerprint density at radius 1 is 0.941 bits per heavy atom. The molecule has 3 heterocycles. The summed E-state index contributed by atoms with van der Waals surface area (Å²) in [7, 11) is 4.57. The molecule has 0 unspecified atom stereocenters. The highest BCUT2D eigenvalue weighted by molar-refractivity contribution is 6.05. The number of nitrogens with zero attached hydrogens (tertiary/aromatic N) is 4. The van der Waals surface area contributed by atoms with Gasteiger partial charge >= 0.3 is 0 Å². The van der Waals surface area contributed by atoms with Crippen molar-refractivity contribution in [2.75, 3.05) is 52.5 Å². The van der Waals surface area contributed by atoms with Crippen molar-refractivity contribution in [1.82, 2.24) is 14.3 Å². The maximum Gasteiger partial charge on any atom is 0.279 e. The van der Waals surface area contributed by atoms with Gasteiger partial charge in [-0.25, -0.2) is 0 Å². The highest BCUT2D eigenvalue weighted by Gasteiger charge is 2.25. The molecule has 2 aromatic carbocycles. The summed E-state index contributed by atoms with van der Waals surface area (Å²) < 4.78 is 25.3. The number of benzene rings is 2. The van der Waals surface area contributed by atoms with Crippen molar-refractivity contribution in [3.05, 3.63) is 60.4 Å². The van der Waals surface area contributed by atoms with Crippen LogP contribution in [0.3, 0.4) is 0 Å². The van der Waals surface area contributed by atoms with Gasteiger partial charge in [0.1, 0.15) is 0 Å². The third kappa shape index (κ3) is 3.73. The van der Waals surface area contributed by atoms with Crippen LogP contribution in [0.4, 0.5) is 5.82 Å². The van der Waals surface area contributed by atoms with Crippen LogP contribution >= 0.6 is 0 Å². The van der Waals surface area contributed by atoms with E-state index in [1.165, 1.54) is 26.0 Å². The summed E-state index contributed by atoms with van der Waals surface area (Å²) in [5, 5.41) is 5.68. The van der Waals surface area contributed by atoms with Crippen LogP contribution in [0, 0.1) is 0 Å². The molecule has 176 valence electrons. The van der Waals surface area contributed by atoms with Gasteiger partial charge in [-0.1, -0.05) is 0 Å². The van der Waals surface area contributed by atoms with Gasteiger partial charge in [-0.3, -0.25) is 4.79 Å². The number of ether oxygens (including phenoxy) is 4. The topological polar surface area (TPSA) is 80.0 Å². The Hall–Kier alpha value is -3.98. The van der Waals surface area contributed by atoms with E-state index in [4.69, 9.17) is 24.0 Å². The second-order valence-electron chi connectivity index (χ2n) is 7.85. The molecule has 1 aliphatic rings. The molecule has 0 atom stereocenters. The Balaban J connectivity index is 1.67. The van der Waals surface area contributed by atoms with Gasteiger partial charge in [-0.2, -0.15) is 4.68 Å². The van der Waals surface area contributed by atoms with Gasteiger partial charge in [-0.05, 0) is 42.5 Å². The number of carbonyl (C=O) groups is 1. The summed E-state index contributed by atoms with van der Waals surface area (Å²) >= 11 is 0. The van der Waals surface area contributed by atoms with Gasteiger partial charge in [0.25, 0.3) is 5.91 Å². The zero-order valence-corrected chi connectivity index (χ0v) is 19.4. The largest absolute Gasteiger partial charge is 0.493 e. The lowest BCUT2D eigenvalue weighted by Gasteiger charge is -2.26. The summed E-state index contributed by atoms with van der Waals surface area (Å²) in [6.45, 7) is 2.67. The zero-order chi connectivity index (χ0) is 23.7. The number of anilines is 1. The number of fused-ring (bicyclic) bond motifs is 1. The molecule has 34 heavy (non-hydrogen) atoms. The van der Waals surface area contributed by atoms with E-state index in [0.717, 1.165) is 16.9 Å². The van der Waals surface area contributed by atoms with E-state index in [9.17, 15) is 4.79 Å². The molecular weight excluding hydrogens is 436 g/mol. The Kier molecular flexibility index (Phi) is 5.85. The van der Waals surface area contributed by atoms with Crippen molar-refractivity contribution < 1.29 is 23.7 Å². The number of carbonyl (C=O) groups excluding carboxylic acids is 1. The third-order valence-corrected chi connectivity index (χ3v) is 5.96. The van der Waals surface area contributed by atoms with Crippen LogP contribution in [-0.2, 0) is 4.74 Å². The van der Waals surface area contributed by atoms with Gasteiger partial charge in [0.15, 0.2) is 17.3 Å². The minimum atomic E-state index is -0.298. The maximum atomic E-state index is 13.8. The molecule has 4 aromatic rings. The van der Waals surface area contributed by atoms with Crippen LogP contribution in [-0.4, -0.2) is 67.9 Å². The van der Waals surface area contributed by atoms with Gasteiger partial charge < -0.3 is 28.4 Å². The maximum absolute atomic E-state index is 13.8. The quantitative estimate of drug-likeness (QED) is 0.435. The molecular formula is C25H26N4O5. The highest BCUT2D eigenvalue weighted by Crippen LogP contribution is 2.39. The van der Waals surface area contributed by atoms with E-state index >= 15 is 0 Å². The summed E-state index contributed by atoms with van der Waals surface area (Å²) in [4.78, 5) is 15.9. The van der Waals surface area contributed by atoms with Crippen LogP contribution in [0.1, 0.15) is 10.4 Å². The minimum Gasteiger partial charge on any atom is -0.493 e. The standard InChI is InChI=1S/C25H26N4O5/c1-31-21-14-17(15-22(32-2)23(21)33-3)25(30)29-20-16-18(27-8-4-5-9-27)6-7-19(20)24(26-29)28-10-12-34-13-11-28/h4-9,14-16H,10-13H2,1-3H3. The molecule has 1 saturated heterocycles. The molecule has 0 aliphatic carbocycles. The summed E-state index contributed by atoms with van der Waals surface area (Å²) in [5.74, 6) is 1.70. The number of methoxy groups -OCH3 is 3. The molecule has 1 aliphatic heterocycles. The summed E-state index contributed by atoms with van der Waals surface area (Å²) in [5.41, 5.74) is 2.02. The summed E-state index contributed by atoms with van der Waals surface area (Å²) in [6.07, 6.45) is 3.93. The van der Waals surface area contributed by atoms with Crippen molar-refractivity contribution in [2.45, 2.75) is 0 Å². The number of rotatable bonds is 6. The SMILES string of the molecule is COc1cc(C(=O)n2nc(N3CCOCC3)c3ccc(-n4cccc4)cc32)cc(OC)c1OC. The van der Waals surface area contributed by atoms with Gasteiger partial charge in [0.2, 0.25) is 5.75 Å². The van der Waals surface area contributed by atoms with E-state index in [2.05, 4.69) is 4.90 Å². The Morgan fingerprint density at radius 3 is 2.24 bits per heavy atom. The first kappa shape index (κ1) is 21.8. The highest BCUT2D eigenvalue weighted by atomic mass is 16.5. The van der Waals surface area contributed by atoms with Crippen molar-refractivity contribution in [3.8, 4) is 22.9 Å². The molecule has 0 radical (unpaired) electrons. The normalized spacial score (nSPS) is 13.8. The lowest BCUT2D eigenvalue weighted by Crippen LogP contribution is -2.36. The third-order valence-electron chi connectivity index (χ3n) is 5.96. The van der Waals surface area contributed by atoms with Crippen LogP contribution in [0.5, 0.6) is 17.2 Å². The lowest BCUT2D eigenvalue weighted by molar-refractivity contribution is 0.0949. The van der Waals surface area contributed by atoms with E-state index in [1.54, 1.807) is 12.1 Å². The molecule has 0 amide bonds. The van der Waals surface area contributed by atoms with Gasteiger partial charge in [0.05, 0.1) is 40.1 Å². The van der Waals surface area contributed by atoms with Gasteiger partial charge in [0, 0.05) is 42.1 Å². The molecule has 9 heteroatoms. The minimum absolute atomic E-state index is 0.298. The predicted octanol–water partition coefficient (Wildman–Crippen LogP) is 3.38. The van der Waals surface area contributed by atoms with E-state index < -0.39 is 0 Å². The fourth-order valence-corrected chi connectivity index (χ4v) is 4.24. The molecule has 5 rings (SSSR count). The van der Waals surface area contributed by atoms with Crippen molar-refractivity contribution in [3.63, 3.8) is 0 Å². The Labute approximate surface area is 197 Å². The van der Waals surface area contributed by atoms with E-state index in [1.807, 2.05) is 47.3 Å². The average Bonchev–Trinajstić information content (AvgIpc) is 3.56. The molecule has 9 nitrogen and oxygen atoms in total. The fraction of sp³-hybridized carbons (Fsp3) is 0.280. The number of aromatic nitrogens is 3. The van der Waals surface area contributed by atoms with E-state index in [-0.39, 0.29) is 5.91 Å². The zero-order valence-electron chi connectivity index (χ0n) is 19.4. The molecule has 1 fully saturated rings. The van der Waals surface area contributed by atoms with E-state index in [0.29, 0.717) is 54.6 Å². The van der Waals surface area contributed by atoms with Crippen molar-refractivity contribution in [1.29, 1.82) is 0 Å². The second kappa shape index (κ2) is 9.11. The molecule has 2 aromatic heterocycles. The first-order valence-electron chi connectivity index (χ1n) is 11.0. The molecule has 0 spiro atoms. The first-order chi connectivity index (χ1) is 16.6. The Bertz CT molecular complexity index is 1300. The molecule has 0 bridgehead atoms. The predicted molar refractivity (Wildman–Crippen MR) is 128 cm³/mol. The number of morpholine rings is 1. The van der Waals surface area contributed by atoms with Crippen LogP contribution < -0.4 is 19.1 Å².